The maximum Gasteiger partial charge on any atom is 0.138 e. The van der Waals surface area contributed by atoms with E-state index in [1.165, 1.54) is 6.33 Å². The Balaban J connectivity index is 2.14. The summed E-state index contributed by atoms with van der Waals surface area (Å²) in [5, 5.41) is 8.24. The molecular formula is C12H15ClN4S. The van der Waals surface area contributed by atoms with Crippen LogP contribution in [-0.4, -0.2) is 33.3 Å². The van der Waals surface area contributed by atoms with E-state index in [2.05, 4.69) is 21.7 Å². The first-order valence-electron chi connectivity index (χ1n) is 5.68. The third-order valence-electron chi connectivity index (χ3n) is 2.46. The molecular weight excluding hydrogens is 268 g/mol. The molecule has 0 aliphatic heterocycles. The number of hydrogen-bond donors (Lipinski definition) is 1. The van der Waals surface area contributed by atoms with Crippen molar-refractivity contribution < 1.29 is 0 Å². The van der Waals surface area contributed by atoms with Crippen molar-refractivity contribution in [2.75, 3.05) is 23.9 Å². The highest BCUT2D eigenvalue weighted by molar-refractivity contribution is 7.98. The number of rotatable bonds is 6. The van der Waals surface area contributed by atoms with Crippen molar-refractivity contribution >= 4 is 29.1 Å². The van der Waals surface area contributed by atoms with Gasteiger partial charge >= 0.3 is 0 Å². The molecule has 96 valence electrons. The summed E-state index contributed by atoms with van der Waals surface area (Å²) in [6, 6.07) is 5.71. The maximum absolute atomic E-state index is 6.03. The van der Waals surface area contributed by atoms with Crippen molar-refractivity contribution in [2.24, 2.45) is 0 Å². The number of nitrogens with one attached hydrogen (secondary N) is 1. The normalized spacial score (nSPS) is 10.6. The smallest absolute Gasteiger partial charge is 0.138 e. The summed E-state index contributed by atoms with van der Waals surface area (Å²) in [6.07, 6.45) is 6.42. The van der Waals surface area contributed by atoms with Crippen LogP contribution in [0, 0.1) is 0 Å². The van der Waals surface area contributed by atoms with Gasteiger partial charge in [-0.2, -0.15) is 16.9 Å². The Labute approximate surface area is 116 Å². The average molecular weight is 283 g/mol. The fourth-order valence-electron chi connectivity index (χ4n) is 1.62. The lowest BCUT2D eigenvalue weighted by atomic mass is 10.2. The summed E-state index contributed by atoms with van der Waals surface area (Å²) in [6.45, 7) is 0.920. The highest BCUT2D eigenvalue weighted by atomic mass is 35.5. The van der Waals surface area contributed by atoms with Crippen LogP contribution in [0.25, 0.3) is 5.69 Å². The monoisotopic (exact) mass is 282 g/mol. The van der Waals surface area contributed by atoms with Gasteiger partial charge in [-0.3, -0.25) is 0 Å². The Morgan fingerprint density at radius 1 is 1.44 bits per heavy atom. The number of halogens is 1. The van der Waals surface area contributed by atoms with E-state index in [1.54, 1.807) is 11.0 Å². The molecule has 2 aromatic rings. The molecule has 2 rings (SSSR count). The average Bonchev–Trinajstić information content (AvgIpc) is 2.88. The molecule has 0 saturated carbocycles. The molecule has 1 heterocycles. The molecule has 6 heteroatoms. The molecule has 0 aliphatic carbocycles. The zero-order valence-corrected chi connectivity index (χ0v) is 11.7. The van der Waals surface area contributed by atoms with Crippen LogP contribution >= 0.6 is 23.4 Å². The number of aromatic nitrogens is 3. The predicted octanol–water partition coefficient (Wildman–Crippen LogP) is 3.09. The molecule has 4 nitrogen and oxygen atoms in total. The van der Waals surface area contributed by atoms with E-state index in [1.807, 2.05) is 30.0 Å². The number of anilines is 1. The zero-order chi connectivity index (χ0) is 12.8. The lowest BCUT2D eigenvalue weighted by molar-refractivity contribution is 0.875. The Kier molecular flexibility index (Phi) is 4.90. The standard InChI is InChI=1S/C12H15ClN4S/c1-18-6-2-5-15-11-7-10(13)3-4-12(11)17-9-14-8-16-17/h3-4,7-9,15H,2,5-6H2,1H3. The van der Waals surface area contributed by atoms with Crippen LogP contribution in [0.15, 0.2) is 30.9 Å². The molecule has 0 radical (unpaired) electrons. The largest absolute Gasteiger partial charge is 0.383 e. The fraction of sp³-hybridized carbons (Fsp3) is 0.333. The third-order valence-corrected chi connectivity index (χ3v) is 3.40. The molecule has 1 aromatic heterocycles. The Morgan fingerprint density at radius 3 is 3.06 bits per heavy atom. The van der Waals surface area contributed by atoms with Crippen LogP contribution in [0.2, 0.25) is 5.02 Å². The summed E-state index contributed by atoms with van der Waals surface area (Å²) in [7, 11) is 0. The van der Waals surface area contributed by atoms with Gasteiger partial charge < -0.3 is 5.32 Å². The first-order valence-corrected chi connectivity index (χ1v) is 7.46. The second-order valence-electron chi connectivity index (χ2n) is 3.77. The third kappa shape index (κ3) is 3.40. The van der Waals surface area contributed by atoms with Gasteiger partial charge in [0.1, 0.15) is 12.7 Å². The van der Waals surface area contributed by atoms with Gasteiger partial charge in [-0.25, -0.2) is 9.67 Å². The quantitative estimate of drug-likeness (QED) is 0.827. The highest BCUT2D eigenvalue weighted by Gasteiger charge is 2.05. The van der Waals surface area contributed by atoms with Crippen molar-refractivity contribution in [3.05, 3.63) is 35.9 Å². The molecule has 1 N–H and O–H groups in total. The molecule has 0 unspecified atom stereocenters. The SMILES string of the molecule is CSCCCNc1cc(Cl)ccc1-n1cncn1. The lowest BCUT2D eigenvalue weighted by Gasteiger charge is -2.12. The minimum absolute atomic E-state index is 0.714. The van der Waals surface area contributed by atoms with Crippen LogP contribution in [0.4, 0.5) is 5.69 Å². The summed E-state index contributed by atoms with van der Waals surface area (Å²) in [5.41, 5.74) is 1.94. The first kappa shape index (κ1) is 13.2. The Hall–Kier alpha value is -1.20. The molecule has 0 amide bonds. The highest BCUT2D eigenvalue weighted by Crippen LogP contribution is 2.23. The van der Waals surface area contributed by atoms with Gasteiger partial charge in [0.25, 0.3) is 0 Å². The summed E-state index contributed by atoms with van der Waals surface area (Å²) in [5.74, 6) is 1.15. The molecule has 0 aliphatic rings. The van der Waals surface area contributed by atoms with E-state index in [0.29, 0.717) is 5.02 Å². The maximum atomic E-state index is 6.03. The Bertz CT molecular complexity index is 487. The second-order valence-corrected chi connectivity index (χ2v) is 5.20. The number of benzene rings is 1. The van der Waals surface area contributed by atoms with Gasteiger partial charge in [-0.05, 0) is 36.6 Å². The minimum atomic E-state index is 0.714. The van der Waals surface area contributed by atoms with Gasteiger partial charge in [0, 0.05) is 11.6 Å². The topological polar surface area (TPSA) is 42.7 Å². The zero-order valence-electron chi connectivity index (χ0n) is 10.1. The summed E-state index contributed by atoms with van der Waals surface area (Å²) < 4.78 is 1.73. The minimum Gasteiger partial charge on any atom is -0.383 e. The van der Waals surface area contributed by atoms with Crippen LogP contribution in [0.5, 0.6) is 0 Å². The van der Waals surface area contributed by atoms with E-state index in [0.717, 1.165) is 30.1 Å². The van der Waals surface area contributed by atoms with Gasteiger partial charge in [-0.15, -0.1) is 0 Å². The molecule has 0 saturated heterocycles. The number of thioether (sulfide) groups is 1. The summed E-state index contributed by atoms with van der Waals surface area (Å²) >= 11 is 7.88. The molecule has 0 atom stereocenters. The first-order chi connectivity index (χ1) is 8.81. The summed E-state index contributed by atoms with van der Waals surface area (Å²) in [4.78, 5) is 3.96. The van der Waals surface area contributed by atoms with Gasteiger partial charge in [0.2, 0.25) is 0 Å². The van der Waals surface area contributed by atoms with E-state index in [9.17, 15) is 0 Å². The Morgan fingerprint density at radius 2 is 2.33 bits per heavy atom. The van der Waals surface area contributed by atoms with Crippen molar-refractivity contribution in [3.63, 3.8) is 0 Å². The van der Waals surface area contributed by atoms with E-state index in [-0.39, 0.29) is 0 Å². The van der Waals surface area contributed by atoms with Crippen molar-refractivity contribution in [1.29, 1.82) is 0 Å². The van der Waals surface area contributed by atoms with Crippen molar-refractivity contribution in [3.8, 4) is 5.69 Å². The van der Waals surface area contributed by atoms with E-state index < -0.39 is 0 Å². The molecule has 0 bridgehead atoms. The van der Waals surface area contributed by atoms with Gasteiger partial charge in [-0.1, -0.05) is 11.6 Å². The second kappa shape index (κ2) is 6.66. The van der Waals surface area contributed by atoms with Crippen molar-refractivity contribution in [1.82, 2.24) is 14.8 Å². The van der Waals surface area contributed by atoms with Crippen LogP contribution in [0.3, 0.4) is 0 Å². The van der Waals surface area contributed by atoms with Crippen LogP contribution in [0.1, 0.15) is 6.42 Å². The van der Waals surface area contributed by atoms with Gasteiger partial charge in [0.15, 0.2) is 0 Å². The molecule has 0 fully saturated rings. The lowest BCUT2D eigenvalue weighted by Crippen LogP contribution is -2.07. The van der Waals surface area contributed by atoms with Crippen molar-refractivity contribution in [2.45, 2.75) is 6.42 Å². The predicted molar refractivity (Wildman–Crippen MR) is 77.9 cm³/mol. The number of hydrogen-bond acceptors (Lipinski definition) is 4. The van der Waals surface area contributed by atoms with Crippen LogP contribution in [-0.2, 0) is 0 Å². The van der Waals surface area contributed by atoms with E-state index in [4.69, 9.17) is 11.6 Å². The van der Waals surface area contributed by atoms with Crippen LogP contribution < -0.4 is 5.32 Å². The van der Waals surface area contributed by atoms with Gasteiger partial charge in [0.05, 0.1) is 11.4 Å². The van der Waals surface area contributed by atoms with E-state index >= 15 is 0 Å². The fourth-order valence-corrected chi connectivity index (χ4v) is 2.23. The molecule has 0 spiro atoms. The molecule has 1 aromatic carbocycles. The molecule has 18 heavy (non-hydrogen) atoms. The number of nitrogens with zero attached hydrogens (tertiary/aromatic N) is 3.